The minimum Gasteiger partial charge on any atom is -0.508 e. The van der Waals surface area contributed by atoms with E-state index in [1.165, 1.54) is 0 Å². The molecule has 1 heterocycles. The second kappa shape index (κ2) is 5.55. The molecule has 0 bridgehead atoms. The molecule has 0 unspecified atom stereocenters. The predicted molar refractivity (Wildman–Crippen MR) is 67.8 cm³/mol. The molecule has 5 heteroatoms. The molecule has 0 fully saturated rings. The number of aromatic nitrogens is 2. The lowest BCUT2D eigenvalue weighted by molar-refractivity contribution is 0.183. The van der Waals surface area contributed by atoms with Gasteiger partial charge in [-0.3, -0.25) is 4.68 Å². The molecule has 5 nitrogen and oxygen atoms in total. The van der Waals surface area contributed by atoms with Crippen molar-refractivity contribution in [3.05, 3.63) is 30.6 Å². The van der Waals surface area contributed by atoms with Gasteiger partial charge in [-0.2, -0.15) is 5.10 Å². The van der Waals surface area contributed by atoms with Crippen molar-refractivity contribution in [2.24, 2.45) is 0 Å². The Balaban J connectivity index is 2.28. The lowest BCUT2D eigenvalue weighted by Gasteiger charge is -2.06. The van der Waals surface area contributed by atoms with Crippen molar-refractivity contribution in [3.63, 3.8) is 0 Å². The maximum absolute atomic E-state index is 9.42. The van der Waals surface area contributed by atoms with Gasteiger partial charge in [-0.25, -0.2) is 0 Å². The Bertz CT molecular complexity index is 523. The first-order valence-electron chi connectivity index (χ1n) is 5.63. The molecule has 0 aliphatic rings. The summed E-state index contributed by atoms with van der Waals surface area (Å²) >= 11 is 0. The van der Waals surface area contributed by atoms with Gasteiger partial charge < -0.3 is 14.6 Å². The maximum Gasteiger partial charge on any atom is 0.130 e. The zero-order valence-corrected chi connectivity index (χ0v) is 10.5. The fourth-order valence-corrected chi connectivity index (χ4v) is 1.73. The monoisotopic (exact) mass is 248 g/mol. The van der Waals surface area contributed by atoms with Crippen LogP contribution in [0.2, 0.25) is 0 Å². The number of rotatable bonds is 5. The van der Waals surface area contributed by atoms with Crippen molar-refractivity contribution < 1.29 is 14.6 Å². The van der Waals surface area contributed by atoms with Crippen LogP contribution >= 0.6 is 0 Å². The van der Waals surface area contributed by atoms with Crippen molar-refractivity contribution in [1.82, 2.24) is 9.78 Å². The molecule has 0 radical (unpaired) electrons. The first-order valence-corrected chi connectivity index (χ1v) is 5.63. The highest BCUT2D eigenvalue weighted by Crippen LogP contribution is 2.32. The summed E-state index contributed by atoms with van der Waals surface area (Å²) in [4.78, 5) is 0. The number of phenolic OH excluding ortho intramolecular Hbond substituents is 1. The van der Waals surface area contributed by atoms with Crippen LogP contribution in [-0.2, 0) is 11.3 Å². The highest BCUT2D eigenvalue weighted by molar-refractivity contribution is 5.70. The summed E-state index contributed by atoms with van der Waals surface area (Å²) in [5.41, 5.74) is 1.85. The van der Waals surface area contributed by atoms with E-state index < -0.39 is 0 Å². The van der Waals surface area contributed by atoms with E-state index >= 15 is 0 Å². The summed E-state index contributed by atoms with van der Waals surface area (Å²) < 4.78 is 12.1. The molecule has 18 heavy (non-hydrogen) atoms. The van der Waals surface area contributed by atoms with Gasteiger partial charge in [-0.05, 0) is 12.1 Å². The molecule has 0 aliphatic heterocycles. The molecule has 1 aromatic carbocycles. The maximum atomic E-state index is 9.42. The molecule has 2 rings (SSSR count). The van der Waals surface area contributed by atoms with Crippen LogP contribution in [-0.4, -0.2) is 35.7 Å². The number of benzene rings is 1. The SMILES string of the molecule is COCCn1cc(-c2ccc(O)cc2OC)cn1. The Hall–Kier alpha value is -2.01. The number of methoxy groups -OCH3 is 2. The zero-order chi connectivity index (χ0) is 13.0. The Kier molecular flexibility index (Phi) is 3.84. The third-order valence-corrected chi connectivity index (χ3v) is 2.65. The molecule has 1 aromatic heterocycles. The molecule has 96 valence electrons. The summed E-state index contributed by atoms with van der Waals surface area (Å²) in [7, 11) is 3.24. The fourth-order valence-electron chi connectivity index (χ4n) is 1.73. The van der Waals surface area contributed by atoms with Crippen LogP contribution < -0.4 is 4.74 Å². The molecular weight excluding hydrogens is 232 g/mol. The molecule has 2 aromatic rings. The minimum atomic E-state index is 0.183. The summed E-state index contributed by atoms with van der Waals surface area (Å²) in [6.45, 7) is 1.32. The molecule has 0 amide bonds. The Labute approximate surface area is 106 Å². The van der Waals surface area contributed by atoms with E-state index in [1.54, 1.807) is 32.5 Å². The lowest BCUT2D eigenvalue weighted by atomic mass is 10.1. The third-order valence-electron chi connectivity index (χ3n) is 2.65. The van der Waals surface area contributed by atoms with Gasteiger partial charge in [0.25, 0.3) is 0 Å². The number of ether oxygens (including phenoxy) is 2. The first-order chi connectivity index (χ1) is 8.74. The lowest BCUT2D eigenvalue weighted by Crippen LogP contribution is -2.03. The van der Waals surface area contributed by atoms with Crippen molar-refractivity contribution in [2.45, 2.75) is 6.54 Å². The van der Waals surface area contributed by atoms with E-state index in [-0.39, 0.29) is 5.75 Å². The van der Waals surface area contributed by atoms with E-state index in [9.17, 15) is 5.11 Å². The largest absolute Gasteiger partial charge is 0.508 e. The minimum absolute atomic E-state index is 0.183. The molecular formula is C13H16N2O3. The van der Waals surface area contributed by atoms with E-state index in [0.29, 0.717) is 18.9 Å². The van der Waals surface area contributed by atoms with Crippen molar-refractivity contribution in [2.75, 3.05) is 20.8 Å². The van der Waals surface area contributed by atoms with Crippen LogP contribution in [0.25, 0.3) is 11.1 Å². The summed E-state index contributed by atoms with van der Waals surface area (Å²) in [6.07, 6.45) is 3.69. The van der Waals surface area contributed by atoms with Crippen LogP contribution in [0.1, 0.15) is 0 Å². The van der Waals surface area contributed by atoms with Gasteiger partial charge in [0.05, 0.1) is 26.5 Å². The highest BCUT2D eigenvalue weighted by atomic mass is 16.5. The summed E-state index contributed by atoms with van der Waals surface area (Å²) in [5.74, 6) is 0.809. The van der Waals surface area contributed by atoms with Gasteiger partial charge in [-0.1, -0.05) is 0 Å². The van der Waals surface area contributed by atoms with Crippen LogP contribution in [0.3, 0.4) is 0 Å². The van der Waals surface area contributed by atoms with Gasteiger partial charge in [0.1, 0.15) is 11.5 Å². The van der Waals surface area contributed by atoms with Crippen molar-refractivity contribution in [3.8, 4) is 22.6 Å². The second-order valence-corrected chi connectivity index (χ2v) is 3.87. The van der Waals surface area contributed by atoms with Gasteiger partial charge in [0.15, 0.2) is 0 Å². The van der Waals surface area contributed by atoms with Gasteiger partial charge in [-0.15, -0.1) is 0 Å². The molecule has 0 saturated carbocycles. The van der Waals surface area contributed by atoms with Crippen LogP contribution in [0.15, 0.2) is 30.6 Å². The molecule has 0 spiro atoms. The fraction of sp³-hybridized carbons (Fsp3) is 0.308. The van der Waals surface area contributed by atoms with E-state index in [4.69, 9.17) is 9.47 Å². The Morgan fingerprint density at radius 2 is 2.17 bits per heavy atom. The number of nitrogens with zero attached hydrogens (tertiary/aromatic N) is 2. The predicted octanol–water partition coefficient (Wildman–Crippen LogP) is 1.91. The van der Waals surface area contributed by atoms with Crippen LogP contribution in [0, 0.1) is 0 Å². The summed E-state index contributed by atoms with van der Waals surface area (Å²) in [5, 5.41) is 13.7. The summed E-state index contributed by atoms with van der Waals surface area (Å²) in [6, 6.07) is 5.03. The third kappa shape index (κ3) is 2.62. The van der Waals surface area contributed by atoms with Crippen molar-refractivity contribution >= 4 is 0 Å². The topological polar surface area (TPSA) is 56.5 Å². The van der Waals surface area contributed by atoms with Crippen LogP contribution in [0.5, 0.6) is 11.5 Å². The number of hydrogen-bond donors (Lipinski definition) is 1. The smallest absolute Gasteiger partial charge is 0.130 e. The van der Waals surface area contributed by atoms with Crippen LogP contribution in [0.4, 0.5) is 0 Å². The standard InChI is InChI=1S/C13H16N2O3/c1-17-6-5-15-9-10(8-14-15)12-4-3-11(16)7-13(12)18-2/h3-4,7-9,16H,5-6H2,1-2H3. The normalized spacial score (nSPS) is 10.6. The molecule has 1 N–H and O–H groups in total. The van der Waals surface area contributed by atoms with E-state index in [0.717, 1.165) is 11.1 Å². The van der Waals surface area contributed by atoms with E-state index in [1.807, 2.05) is 16.9 Å². The van der Waals surface area contributed by atoms with E-state index in [2.05, 4.69) is 5.10 Å². The highest BCUT2D eigenvalue weighted by Gasteiger charge is 2.08. The molecule has 0 aliphatic carbocycles. The van der Waals surface area contributed by atoms with Gasteiger partial charge in [0, 0.05) is 30.5 Å². The quantitative estimate of drug-likeness (QED) is 0.878. The molecule has 0 atom stereocenters. The van der Waals surface area contributed by atoms with Crippen molar-refractivity contribution in [1.29, 1.82) is 0 Å². The van der Waals surface area contributed by atoms with Gasteiger partial charge in [0.2, 0.25) is 0 Å². The number of aromatic hydroxyl groups is 1. The first kappa shape index (κ1) is 12.4. The Morgan fingerprint density at radius 3 is 2.89 bits per heavy atom. The second-order valence-electron chi connectivity index (χ2n) is 3.87. The average molecular weight is 248 g/mol. The number of phenols is 1. The average Bonchev–Trinajstić information content (AvgIpc) is 2.84. The molecule has 0 saturated heterocycles. The number of hydrogen-bond acceptors (Lipinski definition) is 4. The Morgan fingerprint density at radius 1 is 1.33 bits per heavy atom. The van der Waals surface area contributed by atoms with Gasteiger partial charge >= 0.3 is 0 Å². The zero-order valence-electron chi connectivity index (χ0n) is 10.5.